The third kappa shape index (κ3) is 4.08. The maximum absolute atomic E-state index is 11.8. The Labute approximate surface area is 114 Å². The second-order valence-electron chi connectivity index (χ2n) is 4.25. The van der Waals surface area contributed by atoms with Crippen molar-refractivity contribution < 1.29 is 4.79 Å². The number of halogens is 1. The highest BCUT2D eigenvalue weighted by molar-refractivity contribution is 9.11. The predicted molar refractivity (Wildman–Crippen MR) is 74.4 cm³/mol. The number of piperidine rings is 1. The number of nitrogens with one attached hydrogen (secondary N) is 2. The molecule has 0 aromatic carbocycles. The minimum atomic E-state index is 0.0267. The van der Waals surface area contributed by atoms with Crippen molar-refractivity contribution >= 4 is 33.2 Å². The summed E-state index contributed by atoms with van der Waals surface area (Å²) in [6, 6.07) is 4.17. The molecule has 1 saturated heterocycles. The average Bonchev–Trinajstić information content (AvgIpc) is 2.76. The summed E-state index contributed by atoms with van der Waals surface area (Å²) in [6.45, 7) is 1.69. The van der Waals surface area contributed by atoms with Gasteiger partial charge in [-0.15, -0.1) is 11.3 Å². The summed E-state index contributed by atoms with van der Waals surface area (Å²) in [7, 11) is 0. The van der Waals surface area contributed by atoms with Gasteiger partial charge in [0.15, 0.2) is 0 Å². The standard InChI is InChI=1S/C12H17BrN2OS/c13-11-5-4-9(17-11)6-8-15-12(16)10-3-1-2-7-14-10/h4-5,10,14H,1-3,6-8H2,(H,15,16)/t10-/m0/s1. The van der Waals surface area contributed by atoms with Crippen molar-refractivity contribution in [2.45, 2.75) is 31.7 Å². The van der Waals surface area contributed by atoms with Gasteiger partial charge < -0.3 is 10.6 Å². The van der Waals surface area contributed by atoms with Crippen LogP contribution in [-0.2, 0) is 11.2 Å². The van der Waals surface area contributed by atoms with Gasteiger partial charge in [-0.05, 0) is 53.9 Å². The number of carbonyl (C=O) groups is 1. The summed E-state index contributed by atoms with van der Waals surface area (Å²) >= 11 is 5.16. The fourth-order valence-electron chi connectivity index (χ4n) is 1.99. The number of carbonyl (C=O) groups excluding carboxylic acids is 1. The molecule has 0 radical (unpaired) electrons. The average molecular weight is 317 g/mol. The Hall–Kier alpha value is -0.390. The van der Waals surface area contributed by atoms with E-state index in [0.29, 0.717) is 0 Å². The normalized spacial score (nSPS) is 20.2. The summed E-state index contributed by atoms with van der Waals surface area (Å²) in [6.07, 6.45) is 4.22. The molecule has 0 unspecified atom stereocenters. The van der Waals surface area contributed by atoms with Crippen molar-refractivity contribution in [2.75, 3.05) is 13.1 Å². The molecule has 0 bridgehead atoms. The Morgan fingerprint density at radius 1 is 1.53 bits per heavy atom. The van der Waals surface area contributed by atoms with Crippen LogP contribution in [0.4, 0.5) is 0 Å². The molecular formula is C12H17BrN2OS. The van der Waals surface area contributed by atoms with Gasteiger partial charge in [0.05, 0.1) is 9.83 Å². The highest BCUT2D eigenvalue weighted by Crippen LogP contribution is 2.22. The lowest BCUT2D eigenvalue weighted by Gasteiger charge is -2.22. The molecule has 2 rings (SSSR count). The SMILES string of the molecule is O=C(NCCc1ccc(Br)s1)[C@@H]1CCCCN1. The molecule has 1 aromatic rings. The Morgan fingerprint density at radius 2 is 2.41 bits per heavy atom. The van der Waals surface area contributed by atoms with E-state index in [9.17, 15) is 4.79 Å². The topological polar surface area (TPSA) is 41.1 Å². The molecule has 1 fully saturated rings. The summed E-state index contributed by atoms with van der Waals surface area (Å²) in [5, 5.41) is 6.25. The zero-order valence-corrected chi connectivity index (χ0v) is 12.1. The van der Waals surface area contributed by atoms with E-state index in [4.69, 9.17) is 0 Å². The quantitative estimate of drug-likeness (QED) is 0.895. The lowest BCUT2D eigenvalue weighted by Crippen LogP contribution is -2.47. The molecule has 1 aliphatic rings. The van der Waals surface area contributed by atoms with Gasteiger partial charge in [-0.25, -0.2) is 0 Å². The molecule has 3 nitrogen and oxygen atoms in total. The Morgan fingerprint density at radius 3 is 3.06 bits per heavy atom. The van der Waals surface area contributed by atoms with E-state index in [-0.39, 0.29) is 11.9 Å². The van der Waals surface area contributed by atoms with Crippen molar-refractivity contribution in [3.05, 3.63) is 20.8 Å². The highest BCUT2D eigenvalue weighted by Gasteiger charge is 2.19. The van der Waals surface area contributed by atoms with Gasteiger partial charge in [0.2, 0.25) is 5.91 Å². The van der Waals surface area contributed by atoms with Crippen LogP contribution in [0.15, 0.2) is 15.9 Å². The van der Waals surface area contributed by atoms with E-state index in [1.54, 1.807) is 11.3 Å². The van der Waals surface area contributed by atoms with Crippen molar-refractivity contribution in [1.82, 2.24) is 10.6 Å². The molecule has 1 atom stereocenters. The maximum Gasteiger partial charge on any atom is 0.237 e. The first-order chi connectivity index (χ1) is 8.25. The van der Waals surface area contributed by atoms with Gasteiger partial charge in [0.25, 0.3) is 0 Å². The zero-order chi connectivity index (χ0) is 12.1. The van der Waals surface area contributed by atoms with E-state index >= 15 is 0 Å². The molecular weight excluding hydrogens is 300 g/mol. The smallest absolute Gasteiger partial charge is 0.237 e. The number of thiophene rings is 1. The van der Waals surface area contributed by atoms with Crippen molar-refractivity contribution in [2.24, 2.45) is 0 Å². The van der Waals surface area contributed by atoms with Crippen LogP contribution in [0.2, 0.25) is 0 Å². The molecule has 94 valence electrons. The molecule has 0 saturated carbocycles. The fraction of sp³-hybridized carbons (Fsp3) is 0.583. The molecule has 17 heavy (non-hydrogen) atoms. The van der Waals surface area contributed by atoms with E-state index < -0.39 is 0 Å². The first-order valence-electron chi connectivity index (χ1n) is 6.01. The van der Waals surface area contributed by atoms with Crippen LogP contribution in [0.3, 0.4) is 0 Å². The zero-order valence-electron chi connectivity index (χ0n) is 9.67. The summed E-state index contributed by atoms with van der Waals surface area (Å²) < 4.78 is 1.15. The van der Waals surface area contributed by atoms with Crippen LogP contribution in [0, 0.1) is 0 Å². The van der Waals surface area contributed by atoms with E-state index in [1.165, 1.54) is 11.3 Å². The van der Waals surface area contributed by atoms with Crippen LogP contribution in [0.1, 0.15) is 24.1 Å². The highest BCUT2D eigenvalue weighted by atomic mass is 79.9. The second-order valence-corrected chi connectivity index (χ2v) is 6.80. The Balaban J connectivity index is 1.69. The predicted octanol–water partition coefficient (Wildman–Crippen LogP) is 2.31. The summed E-state index contributed by atoms with van der Waals surface area (Å²) in [5.41, 5.74) is 0. The fourth-order valence-corrected chi connectivity index (χ4v) is 3.48. The molecule has 5 heteroatoms. The monoisotopic (exact) mass is 316 g/mol. The van der Waals surface area contributed by atoms with Crippen molar-refractivity contribution in [1.29, 1.82) is 0 Å². The van der Waals surface area contributed by atoms with E-state index in [1.807, 2.05) is 6.07 Å². The molecule has 2 N–H and O–H groups in total. The van der Waals surface area contributed by atoms with Gasteiger partial charge >= 0.3 is 0 Å². The Kier molecular flexibility index (Phi) is 5.00. The lowest BCUT2D eigenvalue weighted by molar-refractivity contribution is -0.123. The van der Waals surface area contributed by atoms with Crippen LogP contribution in [0.5, 0.6) is 0 Å². The summed E-state index contributed by atoms with van der Waals surface area (Å²) in [4.78, 5) is 13.1. The second kappa shape index (κ2) is 6.52. The lowest BCUT2D eigenvalue weighted by atomic mass is 10.0. The van der Waals surface area contributed by atoms with Gasteiger partial charge in [0, 0.05) is 11.4 Å². The molecule has 1 amide bonds. The van der Waals surface area contributed by atoms with Crippen LogP contribution < -0.4 is 10.6 Å². The minimum absolute atomic E-state index is 0.0267. The maximum atomic E-state index is 11.8. The molecule has 0 aliphatic carbocycles. The number of hydrogen-bond donors (Lipinski definition) is 2. The number of amides is 1. The first-order valence-corrected chi connectivity index (χ1v) is 7.62. The number of hydrogen-bond acceptors (Lipinski definition) is 3. The molecule has 1 aliphatic heterocycles. The molecule has 1 aromatic heterocycles. The van der Waals surface area contributed by atoms with Gasteiger partial charge in [-0.2, -0.15) is 0 Å². The van der Waals surface area contributed by atoms with Crippen molar-refractivity contribution in [3.8, 4) is 0 Å². The summed E-state index contributed by atoms with van der Waals surface area (Å²) in [5.74, 6) is 0.153. The third-order valence-corrected chi connectivity index (χ3v) is 4.61. The first kappa shape index (κ1) is 13.1. The van der Waals surface area contributed by atoms with E-state index in [2.05, 4.69) is 32.6 Å². The van der Waals surface area contributed by atoms with Gasteiger partial charge in [-0.3, -0.25) is 4.79 Å². The molecule has 0 spiro atoms. The third-order valence-electron chi connectivity index (χ3n) is 2.93. The van der Waals surface area contributed by atoms with Gasteiger partial charge in [-0.1, -0.05) is 6.42 Å². The van der Waals surface area contributed by atoms with Crippen LogP contribution in [-0.4, -0.2) is 25.0 Å². The van der Waals surface area contributed by atoms with Crippen molar-refractivity contribution in [3.63, 3.8) is 0 Å². The minimum Gasteiger partial charge on any atom is -0.354 e. The number of rotatable bonds is 4. The molecule has 2 heterocycles. The van der Waals surface area contributed by atoms with Gasteiger partial charge in [0.1, 0.15) is 0 Å². The van der Waals surface area contributed by atoms with Crippen LogP contribution in [0.25, 0.3) is 0 Å². The Bertz CT molecular complexity index is 374. The largest absolute Gasteiger partial charge is 0.354 e. The van der Waals surface area contributed by atoms with Crippen LogP contribution >= 0.6 is 27.3 Å². The van der Waals surface area contributed by atoms with E-state index in [0.717, 1.165) is 36.1 Å².